The molecule has 7 nitrogen and oxygen atoms in total. The first-order valence-electron chi connectivity index (χ1n) is 8.66. The van der Waals surface area contributed by atoms with Crippen molar-refractivity contribution in [3.05, 3.63) is 42.1 Å². The first kappa shape index (κ1) is 16.1. The van der Waals surface area contributed by atoms with Crippen LogP contribution in [0.2, 0.25) is 0 Å². The van der Waals surface area contributed by atoms with Gasteiger partial charge in [0.25, 0.3) is 5.91 Å². The number of nitrogens with one attached hydrogen (secondary N) is 1. The topological polar surface area (TPSA) is 80.5 Å². The van der Waals surface area contributed by atoms with Crippen molar-refractivity contribution in [2.75, 3.05) is 25.0 Å². The Morgan fingerprint density at radius 2 is 2.24 bits per heavy atom. The average molecular weight is 342 g/mol. The molecule has 1 N–H and O–H groups in total. The van der Waals surface area contributed by atoms with Crippen LogP contribution in [0.4, 0.5) is 5.95 Å². The van der Waals surface area contributed by atoms with E-state index in [9.17, 15) is 4.79 Å². The van der Waals surface area contributed by atoms with Crippen LogP contribution >= 0.6 is 0 Å². The Morgan fingerprint density at radius 3 is 3.00 bits per heavy atom. The van der Waals surface area contributed by atoms with Crippen molar-refractivity contribution in [2.24, 2.45) is 0 Å². The van der Waals surface area contributed by atoms with Crippen LogP contribution in [0, 0.1) is 6.92 Å². The highest BCUT2D eigenvalue weighted by molar-refractivity contribution is 5.95. The lowest BCUT2D eigenvalue weighted by Crippen LogP contribution is -2.50. The molecule has 25 heavy (non-hydrogen) atoms. The number of anilines is 1. The zero-order chi connectivity index (χ0) is 17.3. The fraction of sp³-hybridized carbons (Fsp3) is 0.500. The maximum absolute atomic E-state index is 12.8. The molecule has 2 aliphatic rings. The van der Waals surface area contributed by atoms with Gasteiger partial charge in [-0.25, -0.2) is 9.97 Å². The van der Waals surface area contributed by atoms with Gasteiger partial charge >= 0.3 is 0 Å². The number of carbonyl (C=O) groups excluding carboxylic acids is 1. The number of hydrogen-bond acceptors (Lipinski definition) is 6. The lowest BCUT2D eigenvalue weighted by molar-refractivity contribution is -0.0447. The second-order valence-electron chi connectivity index (χ2n) is 6.83. The molecular weight excluding hydrogens is 320 g/mol. The summed E-state index contributed by atoms with van der Waals surface area (Å²) in [5, 5.41) is 3.33. The molecular formula is C18H22N4O3. The number of nitrogens with zero attached hydrogens (tertiary/aromatic N) is 3. The molecule has 1 amide bonds. The van der Waals surface area contributed by atoms with Gasteiger partial charge in [-0.05, 0) is 31.9 Å². The van der Waals surface area contributed by atoms with Crippen molar-refractivity contribution in [1.82, 2.24) is 14.9 Å². The summed E-state index contributed by atoms with van der Waals surface area (Å²) in [6.07, 6.45) is 7.75. The van der Waals surface area contributed by atoms with Crippen molar-refractivity contribution in [3.8, 4) is 0 Å². The minimum Gasteiger partial charge on any atom is -0.469 e. The van der Waals surface area contributed by atoms with Crippen LogP contribution in [-0.4, -0.2) is 52.1 Å². The number of ether oxygens (including phenoxy) is 1. The van der Waals surface area contributed by atoms with Gasteiger partial charge in [-0.3, -0.25) is 4.79 Å². The number of aromatic nitrogens is 2. The van der Waals surface area contributed by atoms with Gasteiger partial charge in [0.1, 0.15) is 5.76 Å². The lowest BCUT2D eigenvalue weighted by Gasteiger charge is -2.39. The maximum Gasteiger partial charge on any atom is 0.257 e. The van der Waals surface area contributed by atoms with E-state index in [1.807, 2.05) is 11.8 Å². The molecule has 0 radical (unpaired) electrons. The minimum absolute atomic E-state index is 0.0247. The summed E-state index contributed by atoms with van der Waals surface area (Å²) in [6.45, 7) is 3.79. The fourth-order valence-electron chi connectivity index (χ4n) is 3.83. The van der Waals surface area contributed by atoms with Crippen LogP contribution in [-0.2, 0) is 4.74 Å². The third-order valence-electron chi connectivity index (χ3n) is 5.02. The second-order valence-corrected chi connectivity index (χ2v) is 6.83. The number of rotatable bonds is 3. The standard InChI is InChI=1S/C18H22N4O3/c1-13-15(4-9-24-13)16(23)22-8-2-5-18(12-22)10-14(11-25-18)21-17-19-6-3-7-20-17/h3-4,6-7,9,14H,2,5,8,10-12H2,1H3,(H,19,20,21)/t14-,18+/m1/s1. The van der Waals surface area contributed by atoms with Gasteiger partial charge in [0, 0.05) is 25.4 Å². The Balaban J connectivity index is 1.42. The second kappa shape index (κ2) is 6.48. The number of aryl methyl sites for hydroxylation is 1. The molecule has 0 aromatic carbocycles. The third-order valence-corrected chi connectivity index (χ3v) is 5.02. The molecule has 132 valence electrons. The summed E-state index contributed by atoms with van der Waals surface area (Å²) in [5.74, 6) is 1.31. The van der Waals surface area contributed by atoms with E-state index in [-0.39, 0.29) is 17.6 Å². The molecule has 2 atom stereocenters. The molecule has 2 aromatic rings. The number of furan rings is 1. The van der Waals surface area contributed by atoms with Gasteiger partial charge in [0.05, 0.1) is 36.6 Å². The number of likely N-dealkylation sites (tertiary alicyclic amines) is 1. The van der Waals surface area contributed by atoms with Crippen LogP contribution in [0.1, 0.15) is 35.4 Å². The van der Waals surface area contributed by atoms with Gasteiger partial charge in [-0.15, -0.1) is 0 Å². The van der Waals surface area contributed by atoms with E-state index in [1.165, 1.54) is 0 Å². The van der Waals surface area contributed by atoms with Crippen LogP contribution in [0.3, 0.4) is 0 Å². The molecule has 2 aliphatic heterocycles. The highest BCUT2D eigenvalue weighted by Crippen LogP contribution is 2.36. The van der Waals surface area contributed by atoms with Gasteiger partial charge in [0.15, 0.2) is 0 Å². The van der Waals surface area contributed by atoms with E-state index in [1.54, 1.807) is 30.8 Å². The Kier molecular flexibility index (Phi) is 4.17. The van der Waals surface area contributed by atoms with Crippen LogP contribution in [0.25, 0.3) is 0 Å². The first-order chi connectivity index (χ1) is 12.2. The van der Waals surface area contributed by atoms with E-state index < -0.39 is 0 Å². The van der Waals surface area contributed by atoms with Crippen molar-refractivity contribution in [3.63, 3.8) is 0 Å². The molecule has 0 unspecified atom stereocenters. The predicted octanol–water partition coefficient (Wildman–Crippen LogP) is 2.25. The smallest absolute Gasteiger partial charge is 0.257 e. The molecule has 2 aromatic heterocycles. The maximum atomic E-state index is 12.8. The Bertz CT molecular complexity index is 748. The van der Waals surface area contributed by atoms with Crippen molar-refractivity contribution < 1.29 is 13.9 Å². The third kappa shape index (κ3) is 3.24. The molecule has 0 bridgehead atoms. The molecule has 2 fully saturated rings. The van der Waals surface area contributed by atoms with Gasteiger partial charge in [-0.2, -0.15) is 0 Å². The molecule has 1 spiro atoms. The number of hydrogen-bond donors (Lipinski definition) is 1. The summed E-state index contributed by atoms with van der Waals surface area (Å²) in [5.41, 5.74) is 0.361. The molecule has 4 rings (SSSR count). The summed E-state index contributed by atoms with van der Waals surface area (Å²) in [6, 6.07) is 3.69. The van der Waals surface area contributed by atoms with Crippen LogP contribution in [0.5, 0.6) is 0 Å². The summed E-state index contributed by atoms with van der Waals surface area (Å²) < 4.78 is 11.4. The fourth-order valence-corrected chi connectivity index (χ4v) is 3.83. The zero-order valence-electron chi connectivity index (χ0n) is 14.3. The highest BCUT2D eigenvalue weighted by atomic mass is 16.5. The van der Waals surface area contributed by atoms with E-state index in [2.05, 4.69) is 15.3 Å². The van der Waals surface area contributed by atoms with E-state index in [0.29, 0.717) is 30.4 Å². The predicted molar refractivity (Wildman–Crippen MR) is 91.3 cm³/mol. The van der Waals surface area contributed by atoms with E-state index in [0.717, 1.165) is 25.8 Å². The molecule has 0 saturated carbocycles. The Hall–Kier alpha value is -2.41. The number of carbonyl (C=O) groups is 1. The summed E-state index contributed by atoms with van der Waals surface area (Å²) in [4.78, 5) is 23.1. The van der Waals surface area contributed by atoms with Crippen LogP contribution < -0.4 is 5.32 Å². The lowest BCUT2D eigenvalue weighted by atomic mass is 9.88. The van der Waals surface area contributed by atoms with E-state index >= 15 is 0 Å². The number of amides is 1. The van der Waals surface area contributed by atoms with Crippen molar-refractivity contribution in [1.29, 1.82) is 0 Å². The van der Waals surface area contributed by atoms with Gasteiger partial charge in [0.2, 0.25) is 5.95 Å². The summed E-state index contributed by atoms with van der Waals surface area (Å²) >= 11 is 0. The molecule has 0 aliphatic carbocycles. The number of piperidine rings is 1. The van der Waals surface area contributed by atoms with Crippen LogP contribution in [0.15, 0.2) is 35.2 Å². The van der Waals surface area contributed by atoms with Crippen molar-refractivity contribution >= 4 is 11.9 Å². The molecule has 4 heterocycles. The first-order valence-corrected chi connectivity index (χ1v) is 8.66. The molecule has 2 saturated heterocycles. The normalized spacial score (nSPS) is 26.1. The van der Waals surface area contributed by atoms with Gasteiger partial charge < -0.3 is 19.4 Å². The van der Waals surface area contributed by atoms with Crippen molar-refractivity contribution in [2.45, 2.75) is 37.8 Å². The monoisotopic (exact) mass is 342 g/mol. The summed E-state index contributed by atoms with van der Waals surface area (Å²) in [7, 11) is 0. The Morgan fingerprint density at radius 1 is 1.40 bits per heavy atom. The quantitative estimate of drug-likeness (QED) is 0.921. The highest BCUT2D eigenvalue weighted by Gasteiger charge is 2.45. The van der Waals surface area contributed by atoms with E-state index in [4.69, 9.17) is 9.15 Å². The molecule has 7 heteroatoms. The SMILES string of the molecule is Cc1occc1C(=O)N1CCC[C@]2(C[C@@H](Nc3ncccn3)CO2)C1. The average Bonchev–Trinajstić information content (AvgIpc) is 3.22. The largest absolute Gasteiger partial charge is 0.469 e. The Labute approximate surface area is 146 Å². The zero-order valence-corrected chi connectivity index (χ0v) is 14.3. The van der Waals surface area contributed by atoms with Gasteiger partial charge in [-0.1, -0.05) is 0 Å². The minimum atomic E-state index is -0.280.